The fourth-order valence-corrected chi connectivity index (χ4v) is 5.22. The fourth-order valence-electron chi connectivity index (χ4n) is 4.50. The lowest BCUT2D eigenvalue weighted by Crippen LogP contribution is -3.06. The molecule has 10 nitrogen and oxygen atoms in total. The SMILES string of the molecule is O=C(Nc1nc([NH+]2CCC(F)(F)C2)nc2c1cnn2C1CCCCC1)c1ccc([N+](=O)[O-])s1. The van der Waals surface area contributed by atoms with Gasteiger partial charge in [-0.3, -0.25) is 19.8 Å². The molecule has 1 saturated carbocycles. The Morgan fingerprint density at radius 1 is 1.27 bits per heavy atom. The number of nitrogens with zero attached hydrogens (tertiary/aromatic N) is 5. The van der Waals surface area contributed by atoms with E-state index in [1.165, 1.54) is 12.1 Å². The lowest BCUT2D eigenvalue weighted by Gasteiger charge is -2.22. The van der Waals surface area contributed by atoms with Gasteiger partial charge in [0.1, 0.15) is 6.54 Å². The number of rotatable bonds is 5. The summed E-state index contributed by atoms with van der Waals surface area (Å²) in [6.45, 7) is -0.235. The van der Waals surface area contributed by atoms with E-state index in [4.69, 9.17) is 0 Å². The summed E-state index contributed by atoms with van der Waals surface area (Å²) in [6.07, 6.45) is 6.54. The van der Waals surface area contributed by atoms with E-state index >= 15 is 0 Å². The molecule has 5 rings (SSSR count). The predicted octanol–water partition coefficient (Wildman–Crippen LogP) is 3.11. The number of nitro groups is 1. The van der Waals surface area contributed by atoms with Crippen molar-refractivity contribution < 1.29 is 23.4 Å². The third-order valence-corrected chi connectivity index (χ3v) is 7.22. The van der Waals surface area contributed by atoms with E-state index < -0.39 is 23.3 Å². The normalized spacial score (nSPS) is 20.8. The molecule has 2 fully saturated rings. The van der Waals surface area contributed by atoms with Crippen molar-refractivity contribution in [1.82, 2.24) is 19.7 Å². The third-order valence-electron chi connectivity index (χ3n) is 6.18. The number of alkyl halides is 2. The maximum atomic E-state index is 13.9. The summed E-state index contributed by atoms with van der Waals surface area (Å²) in [5, 5.41) is 18.5. The minimum Gasteiger partial charge on any atom is -0.305 e. The predicted molar refractivity (Wildman–Crippen MR) is 116 cm³/mol. The first kappa shape index (κ1) is 21.8. The second-order valence-corrected chi connectivity index (χ2v) is 9.56. The molecule has 2 N–H and O–H groups in total. The highest BCUT2D eigenvalue weighted by Crippen LogP contribution is 2.32. The summed E-state index contributed by atoms with van der Waals surface area (Å²) >= 11 is 0.751. The number of hydrogen-bond acceptors (Lipinski definition) is 7. The van der Waals surface area contributed by atoms with Crippen molar-refractivity contribution >= 4 is 45.0 Å². The summed E-state index contributed by atoms with van der Waals surface area (Å²) < 4.78 is 29.6. The van der Waals surface area contributed by atoms with Gasteiger partial charge < -0.3 is 5.32 Å². The van der Waals surface area contributed by atoms with Crippen molar-refractivity contribution in [3.05, 3.63) is 33.3 Å². The number of amides is 1. The first-order chi connectivity index (χ1) is 15.8. The molecule has 1 saturated heterocycles. The first-order valence-corrected chi connectivity index (χ1v) is 11.7. The second kappa shape index (κ2) is 8.37. The van der Waals surface area contributed by atoms with Crippen LogP contribution in [0.25, 0.3) is 11.0 Å². The highest BCUT2D eigenvalue weighted by molar-refractivity contribution is 7.17. The average molecular weight is 479 g/mol. The van der Waals surface area contributed by atoms with E-state index in [0.29, 0.717) is 15.9 Å². The number of fused-ring (bicyclic) bond motifs is 1. The van der Waals surface area contributed by atoms with Crippen LogP contribution in [0.15, 0.2) is 18.3 Å². The molecule has 0 bridgehead atoms. The van der Waals surface area contributed by atoms with Gasteiger partial charge in [0.05, 0.1) is 40.4 Å². The van der Waals surface area contributed by atoms with Gasteiger partial charge in [0.2, 0.25) is 0 Å². The Kier molecular flexibility index (Phi) is 5.52. The number of thiophene rings is 1. The molecule has 4 heterocycles. The maximum Gasteiger partial charge on any atom is 0.331 e. The van der Waals surface area contributed by atoms with E-state index in [-0.39, 0.29) is 40.7 Å². The van der Waals surface area contributed by atoms with Crippen LogP contribution < -0.4 is 10.2 Å². The number of anilines is 1. The van der Waals surface area contributed by atoms with Crippen molar-refractivity contribution in [2.24, 2.45) is 0 Å². The molecule has 3 aromatic rings. The van der Waals surface area contributed by atoms with E-state index in [1.807, 2.05) is 4.68 Å². The second-order valence-electron chi connectivity index (χ2n) is 8.50. The van der Waals surface area contributed by atoms with Crippen LogP contribution in [0.1, 0.15) is 54.2 Å². The van der Waals surface area contributed by atoms with Crippen molar-refractivity contribution in [3.8, 4) is 0 Å². The molecule has 33 heavy (non-hydrogen) atoms. The third kappa shape index (κ3) is 4.29. The molecular weight excluding hydrogens is 456 g/mol. The van der Waals surface area contributed by atoms with Crippen molar-refractivity contribution in [2.45, 2.75) is 50.5 Å². The van der Waals surface area contributed by atoms with Gasteiger partial charge in [0.15, 0.2) is 11.5 Å². The van der Waals surface area contributed by atoms with Crippen molar-refractivity contribution in [3.63, 3.8) is 0 Å². The topological polar surface area (TPSA) is 120 Å². The Morgan fingerprint density at radius 3 is 2.73 bits per heavy atom. The summed E-state index contributed by atoms with van der Waals surface area (Å²) in [5.74, 6) is -3.01. The largest absolute Gasteiger partial charge is 0.331 e. The van der Waals surface area contributed by atoms with Gasteiger partial charge in [0, 0.05) is 6.07 Å². The zero-order valence-electron chi connectivity index (χ0n) is 17.6. The van der Waals surface area contributed by atoms with Crippen LogP contribution >= 0.6 is 11.3 Å². The molecule has 174 valence electrons. The molecule has 13 heteroatoms. The molecule has 1 amide bonds. The number of carbonyl (C=O) groups is 1. The Hall–Kier alpha value is -3.06. The Bertz CT molecular complexity index is 1220. The molecule has 1 atom stereocenters. The van der Waals surface area contributed by atoms with Crippen LogP contribution in [-0.2, 0) is 0 Å². The zero-order valence-corrected chi connectivity index (χ0v) is 18.4. The quantitative estimate of drug-likeness (QED) is 0.430. The van der Waals surface area contributed by atoms with Crippen LogP contribution in [0.4, 0.5) is 25.5 Å². The van der Waals surface area contributed by atoms with Gasteiger partial charge in [0.25, 0.3) is 5.91 Å². The smallest absolute Gasteiger partial charge is 0.305 e. The van der Waals surface area contributed by atoms with Crippen molar-refractivity contribution in [2.75, 3.05) is 18.4 Å². The number of nitrogens with one attached hydrogen (secondary N) is 2. The standard InChI is InChI=1S/C20H21F2N7O3S/c21-20(22)8-9-27(11-20)19-25-16(24-18(30)14-6-7-15(33-14)29(31)32)13-10-23-28(17(13)26-19)12-4-2-1-3-5-12/h6-7,10,12H,1-5,8-9,11H2,(H,24,25,26,30)/p+1. The van der Waals surface area contributed by atoms with Gasteiger partial charge >= 0.3 is 16.9 Å². The van der Waals surface area contributed by atoms with Crippen LogP contribution in [0, 0.1) is 10.1 Å². The summed E-state index contributed by atoms with van der Waals surface area (Å²) in [6, 6.07) is 2.78. The number of hydrogen-bond donors (Lipinski definition) is 2. The number of halogens is 2. The zero-order chi connectivity index (χ0) is 23.2. The molecule has 1 unspecified atom stereocenters. The Morgan fingerprint density at radius 2 is 2.06 bits per heavy atom. The Labute approximate surface area is 190 Å². The molecule has 0 spiro atoms. The lowest BCUT2D eigenvalue weighted by atomic mass is 9.96. The molecule has 2 aliphatic rings. The van der Waals surface area contributed by atoms with Crippen LogP contribution in [-0.4, -0.2) is 49.6 Å². The maximum absolute atomic E-state index is 13.9. The molecule has 1 aliphatic carbocycles. The van der Waals surface area contributed by atoms with Crippen molar-refractivity contribution in [1.29, 1.82) is 0 Å². The summed E-state index contributed by atoms with van der Waals surface area (Å²) in [4.78, 5) is 32.8. The molecule has 0 radical (unpaired) electrons. The van der Waals surface area contributed by atoms with E-state index in [1.54, 1.807) is 6.20 Å². The van der Waals surface area contributed by atoms with Gasteiger partial charge in [-0.05, 0) is 18.9 Å². The highest BCUT2D eigenvalue weighted by atomic mass is 32.1. The number of quaternary nitrogens is 1. The number of carbonyl (C=O) groups excluding carboxylic acids is 1. The molecule has 0 aromatic carbocycles. The minimum atomic E-state index is -2.80. The highest BCUT2D eigenvalue weighted by Gasteiger charge is 2.44. The van der Waals surface area contributed by atoms with Gasteiger partial charge in [-0.1, -0.05) is 30.6 Å². The molecular formula is C20H22F2N7O3S+. The minimum absolute atomic E-state index is 0.148. The van der Waals surface area contributed by atoms with E-state index in [9.17, 15) is 23.7 Å². The monoisotopic (exact) mass is 478 g/mol. The average Bonchev–Trinajstić information content (AvgIpc) is 3.52. The van der Waals surface area contributed by atoms with E-state index in [0.717, 1.165) is 43.4 Å². The molecule has 3 aromatic heterocycles. The van der Waals surface area contributed by atoms with Crippen LogP contribution in [0.2, 0.25) is 0 Å². The van der Waals surface area contributed by atoms with Gasteiger partial charge in [-0.2, -0.15) is 15.1 Å². The van der Waals surface area contributed by atoms with Gasteiger partial charge in [-0.25, -0.2) is 13.5 Å². The molecule has 1 aliphatic heterocycles. The lowest BCUT2D eigenvalue weighted by molar-refractivity contribution is -0.827. The fraction of sp³-hybridized carbons (Fsp3) is 0.500. The first-order valence-electron chi connectivity index (χ1n) is 10.8. The Balaban J connectivity index is 1.53. The summed E-state index contributed by atoms with van der Waals surface area (Å²) in [5.41, 5.74) is 0.502. The number of aromatic nitrogens is 4. The van der Waals surface area contributed by atoms with Crippen LogP contribution in [0.3, 0.4) is 0 Å². The van der Waals surface area contributed by atoms with E-state index in [2.05, 4.69) is 20.4 Å². The van der Waals surface area contributed by atoms with Crippen LogP contribution in [0.5, 0.6) is 0 Å². The summed E-state index contributed by atoms with van der Waals surface area (Å²) in [7, 11) is 0. The van der Waals surface area contributed by atoms with Gasteiger partial charge in [-0.15, -0.1) is 0 Å².